The van der Waals surface area contributed by atoms with E-state index in [0.717, 1.165) is 49.7 Å². The van der Waals surface area contributed by atoms with Gasteiger partial charge in [0.05, 0.1) is 18.9 Å². The summed E-state index contributed by atoms with van der Waals surface area (Å²) >= 11 is 0. The van der Waals surface area contributed by atoms with Crippen LogP contribution in [0, 0.1) is 13.8 Å². The van der Waals surface area contributed by atoms with Gasteiger partial charge in [-0.25, -0.2) is 0 Å². The number of carbonyl (C=O) groups excluding carboxylic acids is 1. The number of rotatable bonds is 6. The van der Waals surface area contributed by atoms with Crippen molar-refractivity contribution >= 4 is 11.6 Å². The lowest BCUT2D eigenvalue weighted by Gasteiger charge is -2.29. The number of carbonyl (C=O) groups is 1. The smallest absolute Gasteiger partial charge is 0.268 e. The fourth-order valence-electron chi connectivity index (χ4n) is 3.18. The summed E-state index contributed by atoms with van der Waals surface area (Å²) in [7, 11) is 0. The summed E-state index contributed by atoms with van der Waals surface area (Å²) in [6.07, 6.45) is 2.76. The third-order valence-corrected chi connectivity index (χ3v) is 4.57. The Morgan fingerprint density at radius 2 is 2.04 bits per heavy atom. The Morgan fingerprint density at radius 1 is 1.39 bits per heavy atom. The van der Waals surface area contributed by atoms with E-state index in [9.17, 15) is 4.79 Å². The number of allylic oxidation sites excluding steroid dienone is 1. The molecule has 0 radical (unpaired) electrons. The van der Waals surface area contributed by atoms with Gasteiger partial charge in [0.1, 0.15) is 5.69 Å². The number of hydrogen-bond acceptors (Lipinski definition) is 3. The van der Waals surface area contributed by atoms with Gasteiger partial charge in [-0.1, -0.05) is 13.0 Å². The second kappa shape index (κ2) is 7.68. The van der Waals surface area contributed by atoms with Crippen LogP contribution < -0.4 is 10.2 Å². The first-order chi connectivity index (χ1) is 11.0. The van der Waals surface area contributed by atoms with E-state index in [1.54, 1.807) is 0 Å². The zero-order chi connectivity index (χ0) is 17.0. The number of anilines is 1. The van der Waals surface area contributed by atoms with Gasteiger partial charge in [0, 0.05) is 36.9 Å². The third kappa shape index (κ3) is 3.61. The van der Waals surface area contributed by atoms with E-state index < -0.39 is 0 Å². The molecule has 0 saturated carbocycles. The lowest BCUT2D eigenvalue weighted by molar-refractivity contribution is 0.0929. The minimum absolute atomic E-state index is 0.00121. The van der Waals surface area contributed by atoms with Crippen molar-refractivity contribution in [1.29, 1.82) is 0 Å². The first-order valence-electron chi connectivity index (χ1n) is 8.45. The topological polar surface area (TPSA) is 46.5 Å². The van der Waals surface area contributed by atoms with Gasteiger partial charge in [0.2, 0.25) is 0 Å². The molecule has 2 heterocycles. The van der Waals surface area contributed by atoms with Crippen molar-refractivity contribution in [2.24, 2.45) is 0 Å². The maximum Gasteiger partial charge on any atom is 0.268 e. The Kier molecular flexibility index (Phi) is 5.88. The second-order valence-corrected chi connectivity index (χ2v) is 6.19. The lowest BCUT2D eigenvalue weighted by atomic mass is 10.1. The molecule has 1 amide bonds. The van der Waals surface area contributed by atoms with E-state index in [-0.39, 0.29) is 11.9 Å². The van der Waals surface area contributed by atoms with Crippen molar-refractivity contribution in [3.05, 3.63) is 29.6 Å². The van der Waals surface area contributed by atoms with Gasteiger partial charge in [-0.05, 0) is 27.2 Å². The first-order valence-corrected chi connectivity index (χ1v) is 8.45. The van der Waals surface area contributed by atoms with Crippen molar-refractivity contribution in [2.45, 2.75) is 46.7 Å². The summed E-state index contributed by atoms with van der Waals surface area (Å²) in [5, 5.41) is 3.09. The predicted octanol–water partition coefficient (Wildman–Crippen LogP) is 2.66. The molecule has 0 aromatic carbocycles. The van der Waals surface area contributed by atoms with Crippen LogP contribution in [0.1, 0.15) is 42.0 Å². The Bertz CT molecular complexity index is 571. The highest BCUT2D eigenvalue weighted by atomic mass is 16.5. The zero-order valence-electron chi connectivity index (χ0n) is 14.8. The maximum atomic E-state index is 12.8. The zero-order valence-corrected chi connectivity index (χ0v) is 14.8. The highest BCUT2D eigenvalue weighted by Crippen LogP contribution is 2.31. The number of ether oxygens (including phenoxy) is 1. The molecule has 1 aliphatic rings. The number of nitrogens with zero attached hydrogens (tertiary/aromatic N) is 2. The summed E-state index contributed by atoms with van der Waals surface area (Å²) in [5.41, 5.74) is 4.10. The highest BCUT2D eigenvalue weighted by molar-refractivity contribution is 5.96. The Balaban J connectivity index is 2.43. The minimum atomic E-state index is 0.00121. The van der Waals surface area contributed by atoms with Gasteiger partial charge < -0.3 is 19.5 Å². The molecule has 1 N–H and O–H groups in total. The molecule has 1 saturated heterocycles. The second-order valence-electron chi connectivity index (χ2n) is 6.19. The number of amides is 1. The van der Waals surface area contributed by atoms with Crippen LogP contribution in [-0.2, 0) is 11.3 Å². The molecule has 128 valence electrons. The SMILES string of the molecule is C=CCn1c(C)c(N2CCOCC2)c(C)c1C(=O)N[C@@H](C)CC. The molecule has 5 nitrogen and oxygen atoms in total. The molecule has 23 heavy (non-hydrogen) atoms. The molecule has 0 unspecified atom stereocenters. The highest BCUT2D eigenvalue weighted by Gasteiger charge is 2.26. The maximum absolute atomic E-state index is 12.8. The van der Waals surface area contributed by atoms with Gasteiger partial charge in [-0.3, -0.25) is 4.79 Å². The monoisotopic (exact) mass is 319 g/mol. The molecule has 1 atom stereocenters. The average molecular weight is 319 g/mol. The molecule has 1 aromatic heterocycles. The molecule has 1 fully saturated rings. The van der Waals surface area contributed by atoms with Gasteiger partial charge >= 0.3 is 0 Å². The predicted molar refractivity (Wildman–Crippen MR) is 94.4 cm³/mol. The van der Waals surface area contributed by atoms with Crippen LogP contribution in [0.4, 0.5) is 5.69 Å². The van der Waals surface area contributed by atoms with E-state index in [4.69, 9.17) is 4.74 Å². The first kappa shape index (κ1) is 17.6. The molecule has 0 bridgehead atoms. The van der Waals surface area contributed by atoms with Crippen LogP contribution in [0.5, 0.6) is 0 Å². The van der Waals surface area contributed by atoms with Crippen molar-refractivity contribution in [3.8, 4) is 0 Å². The fraction of sp³-hybridized carbons (Fsp3) is 0.611. The molecule has 2 rings (SSSR count). The summed E-state index contributed by atoms with van der Waals surface area (Å²) in [6.45, 7) is 15.9. The van der Waals surface area contributed by atoms with Gasteiger partial charge in [0.25, 0.3) is 5.91 Å². The largest absolute Gasteiger partial charge is 0.378 e. The molecule has 0 spiro atoms. The van der Waals surface area contributed by atoms with Crippen molar-refractivity contribution in [1.82, 2.24) is 9.88 Å². The number of aromatic nitrogens is 1. The number of nitrogens with one attached hydrogen (secondary N) is 1. The average Bonchev–Trinajstić information content (AvgIpc) is 2.79. The molecular weight excluding hydrogens is 290 g/mol. The van der Waals surface area contributed by atoms with E-state index in [1.165, 1.54) is 5.69 Å². The normalized spacial score (nSPS) is 16.3. The van der Waals surface area contributed by atoms with Crippen LogP contribution in [0.3, 0.4) is 0 Å². The summed E-state index contributed by atoms with van der Waals surface area (Å²) in [4.78, 5) is 15.1. The summed E-state index contributed by atoms with van der Waals surface area (Å²) < 4.78 is 7.53. The van der Waals surface area contributed by atoms with Crippen LogP contribution in [-0.4, -0.2) is 42.8 Å². The van der Waals surface area contributed by atoms with Crippen LogP contribution in [0.15, 0.2) is 12.7 Å². The lowest BCUT2D eigenvalue weighted by Crippen LogP contribution is -2.37. The van der Waals surface area contributed by atoms with E-state index >= 15 is 0 Å². The van der Waals surface area contributed by atoms with Gasteiger partial charge in [-0.2, -0.15) is 0 Å². The van der Waals surface area contributed by atoms with Crippen LogP contribution in [0.2, 0.25) is 0 Å². The quantitative estimate of drug-likeness (QED) is 0.820. The summed E-state index contributed by atoms with van der Waals surface area (Å²) in [6, 6.07) is 0.168. The molecule has 1 aliphatic heterocycles. The Labute approximate surface area is 139 Å². The van der Waals surface area contributed by atoms with Crippen LogP contribution >= 0.6 is 0 Å². The van der Waals surface area contributed by atoms with E-state index in [1.807, 2.05) is 19.9 Å². The van der Waals surface area contributed by atoms with Crippen molar-refractivity contribution in [3.63, 3.8) is 0 Å². The fourth-order valence-corrected chi connectivity index (χ4v) is 3.18. The van der Waals surface area contributed by atoms with E-state index in [2.05, 4.69) is 35.2 Å². The third-order valence-electron chi connectivity index (χ3n) is 4.57. The Hall–Kier alpha value is -1.75. The van der Waals surface area contributed by atoms with Crippen LogP contribution in [0.25, 0.3) is 0 Å². The minimum Gasteiger partial charge on any atom is -0.378 e. The van der Waals surface area contributed by atoms with Crippen molar-refractivity contribution in [2.75, 3.05) is 31.2 Å². The van der Waals surface area contributed by atoms with E-state index in [0.29, 0.717) is 6.54 Å². The Morgan fingerprint density at radius 3 is 2.61 bits per heavy atom. The molecular formula is C18H29N3O2. The molecule has 5 heteroatoms. The molecule has 1 aromatic rings. The number of morpholine rings is 1. The number of hydrogen-bond donors (Lipinski definition) is 1. The standard InChI is InChI=1S/C18H29N3O2/c1-6-8-21-15(5)16(20-9-11-23-12-10-20)14(4)17(21)18(22)19-13(3)7-2/h6,13H,1,7-12H2,2-5H3,(H,19,22)/t13-/m0/s1. The van der Waals surface area contributed by atoms with Gasteiger partial charge in [0.15, 0.2) is 0 Å². The molecule has 0 aliphatic carbocycles. The van der Waals surface area contributed by atoms with Crippen molar-refractivity contribution < 1.29 is 9.53 Å². The van der Waals surface area contributed by atoms with Gasteiger partial charge in [-0.15, -0.1) is 6.58 Å². The summed E-state index contributed by atoms with van der Waals surface area (Å²) in [5.74, 6) is 0.00121.